The Morgan fingerprint density at radius 3 is 2.70 bits per heavy atom. The van der Waals surface area contributed by atoms with Gasteiger partial charge in [-0.2, -0.15) is 0 Å². The van der Waals surface area contributed by atoms with Crippen LogP contribution in [0.1, 0.15) is 26.7 Å². The van der Waals surface area contributed by atoms with Crippen molar-refractivity contribution >= 4 is 40.1 Å². The molecule has 1 heterocycles. The third-order valence-electron chi connectivity index (χ3n) is 4.38. The van der Waals surface area contributed by atoms with Crippen LogP contribution in [0.2, 0.25) is 0 Å². The number of carbonyl (C=O) groups is 2. The Morgan fingerprint density at radius 2 is 2.03 bits per heavy atom. The monoisotopic (exact) mass is 429 g/mol. The molecule has 0 saturated carbocycles. The number of benzene rings is 2. The van der Waals surface area contributed by atoms with Crippen LogP contribution in [0.15, 0.2) is 53.5 Å². The van der Waals surface area contributed by atoms with Crippen molar-refractivity contribution in [3.8, 4) is 5.75 Å². The highest BCUT2D eigenvalue weighted by Crippen LogP contribution is 2.30. The minimum absolute atomic E-state index is 0.0736. The van der Waals surface area contributed by atoms with Crippen molar-refractivity contribution in [2.45, 2.75) is 31.9 Å². The fourth-order valence-electron chi connectivity index (χ4n) is 2.89. The van der Waals surface area contributed by atoms with E-state index in [1.165, 1.54) is 28.8 Å². The Labute approximate surface area is 179 Å². The summed E-state index contributed by atoms with van der Waals surface area (Å²) in [5, 5.41) is 2.61. The summed E-state index contributed by atoms with van der Waals surface area (Å²) in [5.74, 6) is -0.138. The molecule has 0 unspecified atom stereocenters. The third-order valence-corrected chi connectivity index (χ3v) is 5.56. The highest BCUT2D eigenvalue weighted by Gasteiger charge is 2.35. The molecule has 1 saturated heterocycles. The summed E-state index contributed by atoms with van der Waals surface area (Å²) in [6.45, 7) is 4.92. The number of amides is 2. The first-order valence-electron chi connectivity index (χ1n) is 9.85. The first-order valence-corrected chi connectivity index (χ1v) is 10.7. The Bertz CT molecular complexity index is 933. The van der Waals surface area contributed by atoms with Crippen LogP contribution in [0.5, 0.6) is 5.75 Å². The number of thioether (sulfide) groups is 1. The number of aliphatic imine (C=N–C) groups is 1. The van der Waals surface area contributed by atoms with Gasteiger partial charge in [-0.05, 0) is 55.8 Å². The predicted octanol–water partition coefficient (Wildman–Crippen LogP) is 4.59. The van der Waals surface area contributed by atoms with Crippen LogP contribution in [0.25, 0.3) is 0 Å². The molecule has 1 N–H and O–H groups in total. The molecular weight excluding hydrogens is 405 g/mol. The van der Waals surface area contributed by atoms with Crippen molar-refractivity contribution < 1.29 is 18.7 Å². The minimum atomic E-state index is -0.622. The second-order valence-corrected chi connectivity index (χ2v) is 7.85. The summed E-state index contributed by atoms with van der Waals surface area (Å²) in [6, 6.07) is 12.9. The van der Waals surface area contributed by atoms with Crippen LogP contribution in [0.3, 0.4) is 0 Å². The molecule has 1 aliphatic heterocycles. The van der Waals surface area contributed by atoms with Gasteiger partial charge >= 0.3 is 0 Å². The average Bonchev–Trinajstić information content (AvgIpc) is 2.73. The largest absolute Gasteiger partial charge is 0.494 e. The maximum absolute atomic E-state index is 13.5. The van der Waals surface area contributed by atoms with Gasteiger partial charge in [0.25, 0.3) is 0 Å². The molecule has 2 aromatic rings. The van der Waals surface area contributed by atoms with Gasteiger partial charge in [-0.1, -0.05) is 24.8 Å². The van der Waals surface area contributed by atoms with Crippen molar-refractivity contribution in [1.29, 1.82) is 0 Å². The van der Waals surface area contributed by atoms with Gasteiger partial charge in [0.05, 0.1) is 12.3 Å². The maximum atomic E-state index is 13.5. The molecule has 0 bridgehead atoms. The fourth-order valence-corrected chi connectivity index (χ4v) is 4.05. The lowest BCUT2D eigenvalue weighted by atomic mass is 10.2. The number of anilines is 1. The Morgan fingerprint density at radius 1 is 1.27 bits per heavy atom. The standard InChI is InChI=1S/C22H24FN3O3S/c1-3-12-29-18-10-8-16(9-11-18)24-21(28)19-14-20(27)26(4-2)22(30-19)25-17-7-5-6-15(23)13-17/h5-11,13,19H,3-4,12,14H2,1-2H3,(H,24,28)/t19-/m0/s1. The second-order valence-electron chi connectivity index (χ2n) is 6.68. The molecule has 158 valence electrons. The molecular formula is C22H24FN3O3S. The zero-order valence-corrected chi connectivity index (χ0v) is 17.7. The van der Waals surface area contributed by atoms with E-state index in [1.54, 1.807) is 36.4 Å². The number of rotatable bonds is 7. The number of hydrogen-bond acceptors (Lipinski definition) is 5. The van der Waals surface area contributed by atoms with E-state index in [-0.39, 0.29) is 18.2 Å². The second kappa shape index (κ2) is 10.2. The fraction of sp³-hybridized carbons (Fsp3) is 0.318. The van der Waals surface area contributed by atoms with Crippen molar-refractivity contribution in [3.05, 3.63) is 54.3 Å². The van der Waals surface area contributed by atoms with Crippen LogP contribution >= 0.6 is 11.8 Å². The van der Waals surface area contributed by atoms with Crippen LogP contribution in [-0.4, -0.2) is 40.3 Å². The van der Waals surface area contributed by atoms with Gasteiger partial charge in [0.1, 0.15) is 16.8 Å². The number of nitrogens with one attached hydrogen (secondary N) is 1. The first-order chi connectivity index (χ1) is 14.5. The number of amidine groups is 1. The van der Waals surface area contributed by atoms with Gasteiger partial charge in [-0.15, -0.1) is 0 Å². The van der Waals surface area contributed by atoms with E-state index in [9.17, 15) is 14.0 Å². The lowest BCUT2D eigenvalue weighted by molar-refractivity contribution is -0.129. The smallest absolute Gasteiger partial charge is 0.238 e. The molecule has 0 radical (unpaired) electrons. The Hall–Kier alpha value is -2.87. The topological polar surface area (TPSA) is 71.0 Å². The lowest BCUT2D eigenvalue weighted by Crippen LogP contribution is -2.45. The molecule has 2 aromatic carbocycles. The van der Waals surface area contributed by atoms with Gasteiger partial charge < -0.3 is 10.1 Å². The maximum Gasteiger partial charge on any atom is 0.238 e. The average molecular weight is 430 g/mol. The summed E-state index contributed by atoms with van der Waals surface area (Å²) >= 11 is 1.21. The Balaban J connectivity index is 1.72. The van der Waals surface area contributed by atoms with Crippen LogP contribution in [0, 0.1) is 5.82 Å². The van der Waals surface area contributed by atoms with E-state index in [0.717, 1.165) is 12.2 Å². The molecule has 0 aromatic heterocycles. The normalized spacial score (nSPS) is 17.8. The zero-order chi connectivity index (χ0) is 21.5. The number of carbonyl (C=O) groups excluding carboxylic acids is 2. The van der Waals surface area contributed by atoms with Gasteiger partial charge in [-0.25, -0.2) is 9.38 Å². The summed E-state index contributed by atoms with van der Waals surface area (Å²) in [4.78, 5) is 31.3. The molecule has 8 heteroatoms. The van der Waals surface area contributed by atoms with Crippen molar-refractivity contribution in [2.75, 3.05) is 18.5 Å². The third kappa shape index (κ3) is 5.60. The van der Waals surface area contributed by atoms with E-state index in [4.69, 9.17) is 4.74 Å². The quantitative estimate of drug-likeness (QED) is 0.699. The number of ether oxygens (including phenoxy) is 1. The molecule has 3 rings (SSSR count). The molecule has 1 atom stereocenters. The van der Waals surface area contributed by atoms with Gasteiger partial charge in [-0.3, -0.25) is 14.5 Å². The lowest BCUT2D eigenvalue weighted by Gasteiger charge is -2.30. The van der Waals surface area contributed by atoms with Crippen molar-refractivity contribution in [3.63, 3.8) is 0 Å². The Kier molecular flexibility index (Phi) is 7.46. The van der Waals surface area contributed by atoms with Gasteiger partial charge in [0.2, 0.25) is 11.8 Å². The van der Waals surface area contributed by atoms with Crippen molar-refractivity contribution in [1.82, 2.24) is 4.90 Å². The summed E-state index contributed by atoms with van der Waals surface area (Å²) < 4.78 is 19.0. The van der Waals surface area contributed by atoms with Crippen LogP contribution < -0.4 is 10.1 Å². The van der Waals surface area contributed by atoms with Gasteiger partial charge in [0, 0.05) is 18.7 Å². The molecule has 6 nitrogen and oxygen atoms in total. The number of nitrogens with zero attached hydrogens (tertiary/aromatic N) is 2. The van der Waals surface area contributed by atoms with E-state index in [1.807, 2.05) is 13.8 Å². The van der Waals surface area contributed by atoms with Crippen LogP contribution in [0.4, 0.5) is 15.8 Å². The highest BCUT2D eigenvalue weighted by molar-refractivity contribution is 8.15. The molecule has 0 aliphatic carbocycles. The summed E-state index contributed by atoms with van der Waals surface area (Å²) in [7, 11) is 0. The molecule has 1 fully saturated rings. The first kappa shape index (κ1) is 21.8. The van der Waals surface area contributed by atoms with Crippen LogP contribution in [-0.2, 0) is 9.59 Å². The number of halogens is 1. The van der Waals surface area contributed by atoms with E-state index in [0.29, 0.717) is 29.7 Å². The predicted molar refractivity (Wildman–Crippen MR) is 118 cm³/mol. The van der Waals surface area contributed by atoms with E-state index >= 15 is 0 Å². The van der Waals surface area contributed by atoms with E-state index < -0.39 is 11.1 Å². The van der Waals surface area contributed by atoms with Gasteiger partial charge in [0.15, 0.2) is 5.17 Å². The number of hydrogen-bond donors (Lipinski definition) is 1. The molecule has 1 aliphatic rings. The minimum Gasteiger partial charge on any atom is -0.494 e. The van der Waals surface area contributed by atoms with E-state index in [2.05, 4.69) is 10.3 Å². The highest BCUT2D eigenvalue weighted by atomic mass is 32.2. The molecule has 0 spiro atoms. The summed E-state index contributed by atoms with van der Waals surface area (Å²) in [6.07, 6.45) is 0.990. The zero-order valence-electron chi connectivity index (χ0n) is 16.9. The molecule has 30 heavy (non-hydrogen) atoms. The SMILES string of the molecule is CCCOc1ccc(NC(=O)[C@@H]2CC(=O)N(CC)C(=Nc3cccc(F)c3)S2)cc1. The molecule has 2 amide bonds. The van der Waals surface area contributed by atoms with Crippen molar-refractivity contribution in [2.24, 2.45) is 4.99 Å². The summed E-state index contributed by atoms with van der Waals surface area (Å²) in [5.41, 5.74) is 1.02.